The first-order valence-corrected chi connectivity index (χ1v) is 5.07. The van der Waals surface area contributed by atoms with Gasteiger partial charge in [-0.2, -0.15) is 0 Å². The number of amides is 2. The zero-order valence-electron chi connectivity index (χ0n) is 9.08. The van der Waals surface area contributed by atoms with E-state index in [1.165, 1.54) is 19.3 Å². The van der Waals surface area contributed by atoms with Gasteiger partial charge in [-0.1, -0.05) is 11.6 Å². The Morgan fingerprint density at radius 2 is 2.24 bits per heavy atom. The maximum atomic E-state index is 11.6. The van der Waals surface area contributed by atoms with Gasteiger partial charge < -0.3 is 16.1 Å². The highest BCUT2D eigenvalue weighted by Crippen LogP contribution is 2.18. The summed E-state index contributed by atoms with van der Waals surface area (Å²) in [5.74, 6) is 4.68. The number of likely N-dealkylation sites (N-methyl/N-ethyl adjacent to an activating group) is 1. The van der Waals surface area contributed by atoms with Crippen LogP contribution in [0.1, 0.15) is 10.4 Å². The Bertz CT molecular complexity index is 437. The lowest BCUT2D eigenvalue weighted by Gasteiger charge is -2.06. The van der Waals surface area contributed by atoms with Crippen molar-refractivity contribution in [1.29, 1.82) is 0 Å². The summed E-state index contributed by atoms with van der Waals surface area (Å²) in [6, 6.07) is 1.41. The van der Waals surface area contributed by atoms with Crippen LogP contribution in [-0.4, -0.2) is 30.4 Å². The minimum Gasteiger partial charge on any atom is -0.358 e. The van der Waals surface area contributed by atoms with E-state index in [0.717, 1.165) is 0 Å². The molecule has 1 aromatic heterocycles. The summed E-state index contributed by atoms with van der Waals surface area (Å²) >= 11 is 5.80. The molecule has 0 aliphatic carbocycles. The molecule has 1 heterocycles. The zero-order chi connectivity index (χ0) is 12.8. The third-order valence-electron chi connectivity index (χ3n) is 1.93. The molecule has 0 spiro atoms. The van der Waals surface area contributed by atoms with E-state index >= 15 is 0 Å². The predicted octanol–water partition coefficient (Wildman–Crippen LogP) is -0.504. The van der Waals surface area contributed by atoms with E-state index in [-0.39, 0.29) is 28.9 Å². The molecular formula is C9H12ClN5O2. The Labute approximate surface area is 103 Å². The minimum absolute atomic E-state index is 0.107. The van der Waals surface area contributed by atoms with Crippen LogP contribution in [0.5, 0.6) is 0 Å². The minimum atomic E-state index is -0.438. The molecule has 1 aromatic rings. The summed E-state index contributed by atoms with van der Waals surface area (Å²) < 4.78 is 0. The van der Waals surface area contributed by atoms with Gasteiger partial charge in [0.25, 0.3) is 5.91 Å². The molecular weight excluding hydrogens is 246 g/mol. The summed E-state index contributed by atoms with van der Waals surface area (Å²) in [7, 11) is 1.48. The first-order chi connectivity index (χ1) is 8.08. The Morgan fingerprint density at radius 1 is 1.53 bits per heavy atom. The van der Waals surface area contributed by atoms with Gasteiger partial charge in [-0.3, -0.25) is 9.59 Å². The number of halogens is 1. The average molecular weight is 258 g/mol. The van der Waals surface area contributed by atoms with Gasteiger partial charge in [0.1, 0.15) is 0 Å². The topological polar surface area (TPSA) is 109 Å². The van der Waals surface area contributed by atoms with Crippen molar-refractivity contribution in [1.82, 2.24) is 15.6 Å². The second-order valence-corrected chi connectivity index (χ2v) is 3.46. The van der Waals surface area contributed by atoms with Crippen LogP contribution >= 0.6 is 11.6 Å². The SMILES string of the molecule is CNC(=O)CNC(=O)c1cnc(NN)c(Cl)c1. The number of rotatable bonds is 4. The Kier molecular flexibility index (Phi) is 4.68. The zero-order valence-corrected chi connectivity index (χ0v) is 9.84. The molecule has 5 N–H and O–H groups in total. The second kappa shape index (κ2) is 6.02. The number of carbonyl (C=O) groups excluding carboxylic acids is 2. The number of aromatic nitrogens is 1. The summed E-state index contributed by atoms with van der Waals surface area (Å²) in [4.78, 5) is 26.3. The number of hydrazine groups is 1. The van der Waals surface area contributed by atoms with Gasteiger partial charge in [0.15, 0.2) is 5.82 Å². The lowest BCUT2D eigenvalue weighted by Crippen LogP contribution is -2.35. The largest absolute Gasteiger partial charge is 0.358 e. The molecule has 7 nitrogen and oxygen atoms in total. The van der Waals surface area contributed by atoms with Gasteiger partial charge in [0.05, 0.1) is 17.1 Å². The molecule has 0 saturated heterocycles. The maximum absolute atomic E-state index is 11.6. The molecule has 0 radical (unpaired) electrons. The van der Waals surface area contributed by atoms with Crippen LogP contribution in [0.4, 0.5) is 5.82 Å². The standard InChI is InChI=1S/C9H12ClN5O2/c1-12-7(16)4-14-9(17)5-2-6(10)8(15-11)13-3-5/h2-3H,4,11H2,1H3,(H,12,16)(H,13,15)(H,14,17). The van der Waals surface area contributed by atoms with E-state index in [9.17, 15) is 9.59 Å². The fraction of sp³-hybridized carbons (Fsp3) is 0.222. The molecule has 17 heavy (non-hydrogen) atoms. The van der Waals surface area contributed by atoms with Gasteiger partial charge in [-0.15, -0.1) is 0 Å². The van der Waals surface area contributed by atoms with Gasteiger partial charge in [0, 0.05) is 13.2 Å². The molecule has 0 aromatic carbocycles. The lowest BCUT2D eigenvalue weighted by atomic mass is 10.2. The van der Waals surface area contributed by atoms with Gasteiger partial charge in [-0.05, 0) is 6.07 Å². The van der Waals surface area contributed by atoms with Crippen LogP contribution in [0.15, 0.2) is 12.3 Å². The molecule has 2 amide bonds. The first-order valence-electron chi connectivity index (χ1n) is 4.69. The molecule has 1 rings (SSSR count). The van der Waals surface area contributed by atoms with Gasteiger partial charge in [-0.25, -0.2) is 10.8 Å². The van der Waals surface area contributed by atoms with Crippen molar-refractivity contribution in [2.24, 2.45) is 5.84 Å². The van der Waals surface area contributed by atoms with Crippen molar-refractivity contribution in [2.45, 2.75) is 0 Å². The fourth-order valence-electron chi connectivity index (χ4n) is 1.02. The van der Waals surface area contributed by atoms with E-state index in [1.54, 1.807) is 0 Å². The van der Waals surface area contributed by atoms with Crippen LogP contribution < -0.4 is 21.9 Å². The van der Waals surface area contributed by atoms with E-state index in [2.05, 4.69) is 21.0 Å². The Hall–Kier alpha value is -1.86. The molecule has 0 saturated carbocycles. The molecule has 0 fully saturated rings. The van der Waals surface area contributed by atoms with E-state index in [0.29, 0.717) is 0 Å². The van der Waals surface area contributed by atoms with E-state index < -0.39 is 5.91 Å². The number of pyridine rings is 1. The monoisotopic (exact) mass is 257 g/mol. The molecule has 0 aliphatic rings. The quantitative estimate of drug-likeness (QED) is 0.429. The molecule has 0 aliphatic heterocycles. The highest BCUT2D eigenvalue weighted by Gasteiger charge is 2.10. The number of hydrogen-bond donors (Lipinski definition) is 4. The van der Waals surface area contributed by atoms with E-state index in [4.69, 9.17) is 17.4 Å². The predicted molar refractivity (Wildman–Crippen MR) is 63.5 cm³/mol. The number of nitrogen functional groups attached to an aromatic ring is 1. The molecule has 92 valence electrons. The number of nitrogens with two attached hydrogens (primary N) is 1. The lowest BCUT2D eigenvalue weighted by molar-refractivity contribution is -0.119. The van der Waals surface area contributed by atoms with Crippen LogP contribution in [-0.2, 0) is 4.79 Å². The highest BCUT2D eigenvalue weighted by molar-refractivity contribution is 6.33. The second-order valence-electron chi connectivity index (χ2n) is 3.05. The Balaban J connectivity index is 2.69. The number of nitrogens with one attached hydrogen (secondary N) is 3. The third-order valence-corrected chi connectivity index (χ3v) is 2.22. The summed E-state index contributed by atoms with van der Waals surface area (Å²) in [6.07, 6.45) is 1.31. The van der Waals surface area contributed by atoms with Crippen LogP contribution in [0.3, 0.4) is 0 Å². The normalized spacial score (nSPS) is 9.59. The third kappa shape index (κ3) is 3.58. The maximum Gasteiger partial charge on any atom is 0.253 e. The summed E-state index contributed by atoms with van der Waals surface area (Å²) in [5.41, 5.74) is 2.53. The molecule has 0 atom stereocenters. The molecule has 0 unspecified atom stereocenters. The summed E-state index contributed by atoms with van der Waals surface area (Å²) in [6.45, 7) is -0.107. The van der Waals surface area contributed by atoms with Crippen LogP contribution in [0, 0.1) is 0 Å². The number of nitrogens with zero attached hydrogens (tertiary/aromatic N) is 1. The molecule has 0 bridgehead atoms. The number of carbonyl (C=O) groups is 2. The Morgan fingerprint density at radius 3 is 2.76 bits per heavy atom. The average Bonchev–Trinajstić information content (AvgIpc) is 2.35. The summed E-state index contributed by atoms with van der Waals surface area (Å²) in [5, 5.41) is 5.01. The van der Waals surface area contributed by atoms with Gasteiger partial charge in [0.2, 0.25) is 5.91 Å². The highest BCUT2D eigenvalue weighted by atomic mass is 35.5. The smallest absolute Gasteiger partial charge is 0.253 e. The first kappa shape index (κ1) is 13.2. The van der Waals surface area contributed by atoms with Crippen molar-refractivity contribution in [3.8, 4) is 0 Å². The van der Waals surface area contributed by atoms with Crippen molar-refractivity contribution in [2.75, 3.05) is 19.0 Å². The number of hydrogen-bond acceptors (Lipinski definition) is 5. The van der Waals surface area contributed by atoms with Crippen molar-refractivity contribution in [3.63, 3.8) is 0 Å². The van der Waals surface area contributed by atoms with Crippen LogP contribution in [0.2, 0.25) is 5.02 Å². The fourth-order valence-corrected chi connectivity index (χ4v) is 1.24. The van der Waals surface area contributed by atoms with Gasteiger partial charge >= 0.3 is 0 Å². The molecule has 8 heteroatoms. The van der Waals surface area contributed by atoms with Crippen molar-refractivity contribution in [3.05, 3.63) is 22.8 Å². The van der Waals surface area contributed by atoms with Crippen molar-refractivity contribution >= 4 is 29.2 Å². The van der Waals surface area contributed by atoms with E-state index in [1.807, 2.05) is 0 Å². The van der Waals surface area contributed by atoms with Crippen LogP contribution in [0.25, 0.3) is 0 Å². The number of anilines is 1. The van der Waals surface area contributed by atoms with Crippen molar-refractivity contribution < 1.29 is 9.59 Å².